The predicted molar refractivity (Wildman–Crippen MR) is 153 cm³/mol. The summed E-state index contributed by atoms with van der Waals surface area (Å²) in [6.07, 6.45) is -4.14. The number of nitrogens with two attached hydrogens (primary N) is 1. The molecular weight excluding hydrogens is 610 g/mol. The lowest BCUT2D eigenvalue weighted by atomic mass is 9.95. The van der Waals surface area contributed by atoms with Crippen molar-refractivity contribution in [3.63, 3.8) is 0 Å². The van der Waals surface area contributed by atoms with Crippen LogP contribution < -0.4 is 20.5 Å². The molecule has 3 fully saturated rings. The first-order chi connectivity index (χ1) is 20.9. The number of nitrogens with one attached hydrogen (secondary N) is 1. The van der Waals surface area contributed by atoms with Crippen molar-refractivity contribution in [1.82, 2.24) is 25.2 Å². The molecule has 2 aromatic heterocycles. The van der Waals surface area contributed by atoms with Crippen LogP contribution in [0.4, 0.5) is 31.5 Å². The Hall–Kier alpha value is -3.43. The smallest absolute Gasteiger partial charge is 0.417 e. The van der Waals surface area contributed by atoms with E-state index in [0.29, 0.717) is 19.4 Å². The molecule has 15 heteroatoms. The lowest BCUT2D eigenvalue weighted by Gasteiger charge is -2.30. The van der Waals surface area contributed by atoms with E-state index in [0.717, 1.165) is 42.5 Å². The number of alkyl halides is 4. The van der Waals surface area contributed by atoms with Gasteiger partial charge in [0.25, 0.3) is 0 Å². The molecule has 4 atom stereocenters. The summed E-state index contributed by atoms with van der Waals surface area (Å²) in [6.45, 7) is 3.50. The van der Waals surface area contributed by atoms with Crippen molar-refractivity contribution >= 4 is 37.6 Å². The summed E-state index contributed by atoms with van der Waals surface area (Å²) in [5.74, 6) is -2.34. The largest absolute Gasteiger partial charge is 0.472 e. The van der Waals surface area contributed by atoms with Gasteiger partial charge < -0.3 is 20.5 Å². The van der Waals surface area contributed by atoms with E-state index < -0.39 is 52.3 Å². The molecule has 3 N–H and O–H groups in total. The molecule has 3 saturated heterocycles. The fraction of sp³-hybridized carbons (Fsp3) is 0.483. The zero-order chi connectivity index (χ0) is 31.0. The van der Waals surface area contributed by atoms with Crippen molar-refractivity contribution in [2.75, 3.05) is 32.0 Å². The van der Waals surface area contributed by atoms with Crippen molar-refractivity contribution in [3.05, 3.63) is 35.4 Å². The fourth-order valence-corrected chi connectivity index (χ4v) is 7.57. The molecule has 0 bridgehead atoms. The average molecular weight is 639 g/mol. The SMILES string of the molecule is C[C@@H]1NCC[C@H]1Oc1nc(OCC23CCCN2C[C@H](F)C3)nc2c(F)c(-c3ccc(F)c4sc(N)nc34)c(C(F)(F)F)cc12. The molecule has 0 spiro atoms. The molecule has 0 amide bonds. The van der Waals surface area contributed by atoms with E-state index in [-0.39, 0.29) is 63.8 Å². The van der Waals surface area contributed by atoms with Crippen LogP contribution in [0.15, 0.2) is 18.2 Å². The molecule has 2 aromatic carbocycles. The van der Waals surface area contributed by atoms with Crippen molar-refractivity contribution < 1.29 is 35.8 Å². The van der Waals surface area contributed by atoms with Gasteiger partial charge in [-0.05, 0) is 57.5 Å². The molecule has 8 nitrogen and oxygen atoms in total. The first-order valence-electron chi connectivity index (χ1n) is 14.3. The maximum absolute atomic E-state index is 16.6. The van der Waals surface area contributed by atoms with Crippen molar-refractivity contribution in [3.8, 4) is 23.0 Å². The van der Waals surface area contributed by atoms with Crippen molar-refractivity contribution in [2.45, 2.75) is 62.6 Å². The molecule has 0 aliphatic carbocycles. The van der Waals surface area contributed by atoms with Crippen LogP contribution in [0.25, 0.3) is 32.2 Å². The number of benzene rings is 2. The summed E-state index contributed by atoms with van der Waals surface area (Å²) in [4.78, 5) is 14.6. The number of halogens is 6. The van der Waals surface area contributed by atoms with Crippen LogP contribution in [0.1, 0.15) is 38.2 Å². The van der Waals surface area contributed by atoms with Gasteiger partial charge in [0, 0.05) is 30.1 Å². The molecule has 7 rings (SSSR count). The summed E-state index contributed by atoms with van der Waals surface area (Å²) < 4.78 is 101. The number of fused-ring (bicyclic) bond motifs is 3. The Bertz CT molecular complexity index is 1770. The maximum Gasteiger partial charge on any atom is 0.417 e. The number of ether oxygens (including phenoxy) is 2. The number of hydrogen-bond acceptors (Lipinski definition) is 9. The minimum absolute atomic E-state index is 0.0194. The number of thiazole rings is 1. The predicted octanol–water partition coefficient (Wildman–Crippen LogP) is 5.87. The summed E-state index contributed by atoms with van der Waals surface area (Å²) >= 11 is 0.745. The van der Waals surface area contributed by atoms with Gasteiger partial charge in [-0.25, -0.2) is 18.2 Å². The van der Waals surface area contributed by atoms with Gasteiger partial charge in [0.05, 0.1) is 26.7 Å². The van der Waals surface area contributed by atoms with Gasteiger partial charge >= 0.3 is 12.2 Å². The summed E-state index contributed by atoms with van der Waals surface area (Å²) in [5, 5.41) is 2.82. The molecule has 44 heavy (non-hydrogen) atoms. The Morgan fingerprint density at radius 3 is 2.75 bits per heavy atom. The van der Waals surface area contributed by atoms with Gasteiger partial charge in [-0.1, -0.05) is 11.3 Å². The number of nitrogen functional groups attached to an aromatic ring is 1. The zero-order valence-electron chi connectivity index (χ0n) is 23.5. The van der Waals surface area contributed by atoms with Crippen molar-refractivity contribution in [1.29, 1.82) is 0 Å². The minimum atomic E-state index is -5.03. The third-order valence-corrected chi connectivity index (χ3v) is 9.80. The lowest BCUT2D eigenvalue weighted by Crippen LogP contribution is -2.43. The summed E-state index contributed by atoms with van der Waals surface area (Å²) in [5.41, 5.74) is 2.03. The second-order valence-corrected chi connectivity index (χ2v) is 12.7. The second-order valence-electron chi connectivity index (χ2n) is 11.7. The Balaban J connectivity index is 1.41. The topological polar surface area (TPSA) is 98.4 Å². The zero-order valence-corrected chi connectivity index (χ0v) is 24.3. The average Bonchev–Trinajstić information content (AvgIpc) is 3.72. The molecule has 0 radical (unpaired) electrons. The molecule has 234 valence electrons. The molecule has 5 heterocycles. The van der Waals surface area contributed by atoms with Gasteiger partial charge in [-0.2, -0.15) is 23.1 Å². The van der Waals surface area contributed by atoms with E-state index in [1.54, 1.807) is 0 Å². The molecule has 3 aliphatic rings. The van der Waals surface area contributed by atoms with Crippen LogP contribution in [0.3, 0.4) is 0 Å². The summed E-state index contributed by atoms with van der Waals surface area (Å²) in [6, 6.07) is 2.28. The highest BCUT2D eigenvalue weighted by molar-refractivity contribution is 7.22. The van der Waals surface area contributed by atoms with Crippen LogP contribution in [0.5, 0.6) is 11.9 Å². The van der Waals surface area contributed by atoms with E-state index in [4.69, 9.17) is 15.2 Å². The Morgan fingerprint density at radius 1 is 1.18 bits per heavy atom. The third kappa shape index (κ3) is 4.88. The van der Waals surface area contributed by atoms with E-state index in [2.05, 4.69) is 20.3 Å². The molecule has 1 unspecified atom stereocenters. The second kappa shape index (κ2) is 10.6. The highest BCUT2D eigenvalue weighted by Gasteiger charge is 2.49. The summed E-state index contributed by atoms with van der Waals surface area (Å²) in [7, 11) is 0. The number of hydrogen-bond donors (Lipinski definition) is 2. The monoisotopic (exact) mass is 638 g/mol. The first-order valence-corrected chi connectivity index (χ1v) is 15.1. The van der Waals surface area contributed by atoms with Crippen LogP contribution in [0, 0.1) is 11.6 Å². The quantitative estimate of drug-likeness (QED) is 0.253. The number of anilines is 1. The van der Waals surface area contributed by atoms with E-state index in [1.807, 2.05) is 11.8 Å². The van der Waals surface area contributed by atoms with Crippen LogP contribution in [-0.4, -0.2) is 69.9 Å². The van der Waals surface area contributed by atoms with E-state index >= 15 is 4.39 Å². The first kappa shape index (κ1) is 29.3. The molecule has 0 saturated carbocycles. The lowest BCUT2D eigenvalue weighted by molar-refractivity contribution is -0.137. The van der Waals surface area contributed by atoms with Crippen LogP contribution in [-0.2, 0) is 6.18 Å². The molecule has 4 aromatic rings. The number of aromatic nitrogens is 3. The number of nitrogens with zero attached hydrogens (tertiary/aromatic N) is 4. The maximum atomic E-state index is 16.6. The van der Waals surface area contributed by atoms with Gasteiger partial charge in [-0.15, -0.1) is 0 Å². The third-order valence-electron chi connectivity index (χ3n) is 8.91. The Labute approximate surface area is 251 Å². The van der Waals surface area contributed by atoms with Crippen LogP contribution >= 0.6 is 11.3 Å². The normalized spacial score (nSPS) is 25.8. The molecular formula is C29H28F6N6O2S. The minimum Gasteiger partial charge on any atom is -0.472 e. The van der Waals surface area contributed by atoms with Gasteiger partial charge in [0.1, 0.15) is 30.2 Å². The standard InChI is InChI=1S/C29H28F6N6O2S/c1-13-19(5-7-37-13)43-25-16-9-17(29(33,34)35)20(15-3-4-18(31)24-23(15)38-26(36)44-24)21(32)22(16)39-27(40-25)42-12-28-6-2-8-41(28)11-14(30)10-28/h3-4,9,13-14,19,37H,2,5-8,10-12H2,1H3,(H2,36,38)/t13-,14+,19+,28?/m0/s1. The fourth-order valence-electron chi connectivity index (χ4n) is 6.80. The van der Waals surface area contributed by atoms with Gasteiger partial charge in [-0.3, -0.25) is 4.90 Å². The highest BCUT2D eigenvalue weighted by Crippen LogP contribution is 2.46. The van der Waals surface area contributed by atoms with Crippen molar-refractivity contribution in [2.24, 2.45) is 0 Å². The van der Waals surface area contributed by atoms with E-state index in [1.165, 1.54) is 0 Å². The van der Waals surface area contributed by atoms with Crippen LogP contribution in [0.2, 0.25) is 0 Å². The number of rotatable bonds is 6. The Morgan fingerprint density at radius 2 is 2.00 bits per heavy atom. The molecule has 3 aliphatic heterocycles. The van der Waals surface area contributed by atoms with E-state index in [9.17, 15) is 22.0 Å². The van der Waals surface area contributed by atoms with Gasteiger partial charge in [0.2, 0.25) is 5.88 Å². The van der Waals surface area contributed by atoms with Gasteiger partial charge in [0.15, 0.2) is 10.9 Å². The Kier molecular flexibility index (Phi) is 7.05. The highest BCUT2D eigenvalue weighted by atomic mass is 32.1.